The maximum absolute atomic E-state index is 11.7. The van der Waals surface area contributed by atoms with E-state index in [1.807, 2.05) is 25.1 Å². The monoisotopic (exact) mass is 413 g/mol. The number of piperidine rings is 1. The summed E-state index contributed by atoms with van der Waals surface area (Å²) in [6.07, 6.45) is 5.03. The standard InChI is InChI=1S/C19H23N7O2S/c1-13-5-6-14-15(11-13)29-19(23-14)24-18-16(26(27)28)17(21-12-22-18)20-7-10-25-8-3-2-4-9-25/h5-6,11-12H,2-4,7-10H2,1H3,(H2,20,21,22,23,24). The van der Waals surface area contributed by atoms with Gasteiger partial charge in [-0.05, 0) is 50.6 Å². The summed E-state index contributed by atoms with van der Waals surface area (Å²) in [5, 5.41) is 18.4. The van der Waals surface area contributed by atoms with Crippen LogP contribution in [-0.4, -0.2) is 51.0 Å². The Morgan fingerprint density at radius 3 is 2.79 bits per heavy atom. The van der Waals surface area contributed by atoms with Gasteiger partial charge in [-0.1, -0.05) is 23.8 Å². The van der Waals surface area contributed by atoms with Crippen LogP contribution in [0, 0.1) is 17.0 Å². The van der Waals surface area contributed by atoms with Gasteiger partial charge in [-0.25, -0.2) is 15.0 Å². The Morgan fingerprint density at radius 2 is 2.00 bits per heavy atom. The molecule has 29 heavy (non-hydrogen) atoms. The second-order valence-electron chi connectivity index (χ2n) is 7.12. The summed E-state index contributed by atoms with van der Waals surface area (Å²) in [6.45, 7) is 5.61. The number of benzene rings is 1. The van der Waals surface area contributed by atoms with Crippen LogP contribution in [0.15, 0.2) is 24.5 Å². The van der Waals surface area contributed by atoms with Crippen LogP contribution in [0.1, 0.15) is 24.8 Å². The van der Waals surface area contributed by atoms with Gasteiger partial charge in [-0.2, -0.15) is 0 Å². The number of aromatic nitrogens is 3. The first-order valence-corrected chi connectivity index (χ1v) is 10.5. The number of rotatable bonds is 7. The van der Waals surface area contributed by atoms with Crippen LogP contribution in [0.25, 0.3) is 10.2 Å². The van der Waals surface area contributed by atoms with Gasteiger partial charge in [-0.15, -0.1) is 0 Å². The highest BCUT2D eigenvalue weighted by molar-refractivity contribution is 7.22. The Hall–Kier alpha value is -2.85. The van der Waals surface area contributed by atoms with Crippen LogP contribution in [0.4, 0.5) is 22.5 Å². The van der Waals surface area contributed by atoms with Crippen LogP contribution in [0.2, 0.25) is 0 Å². The maximum atomic E-state index is 11.7. The smallest absolute Gasteiger partial charge is 0.353 e. The van der Waals surface area contributed by atoms with Gasteiger partial charge in [0.2, 0.25) is 11.6 Å². The van der Waals surface area contributed by atoms with Gasteiger partial charge < -0.3 is 15.5 Å². The van der Waals surface area contributed by atoms with E-state index in [2.05, 4.69) is 30.5 Å². The molecule has 0 bridgehead atoms. The van der Waals surface area contributed by atoms with Crippen molar-refractivity contribution < 1.29 is 4.92 Å². The number of nitrogens with zero attached hydrogens (tertiary/aromatic N) is 5. The number of hydrogen-bond acceptors (Lipinski definition) is 9. The van der Waals surface area contributed by atoms with Crippen molar-refractivity contribution in [3.05, 3.63) is 40.2 Å². The molecule has 0 atom stereocenters. The fraction of sp³-hybridized carbons (Fsp3) is 0.421. The number of aryl methyl sites for hydroxylation is 1. The Morgan fingerprint density at radius 1 is 1.21 bits per heavy atom. The molecule has 1 aliphatic rings. The van der Waals surface area contributed by atoms with E-state index in [0.717, 1.165) is 35.4 Å². The molecule has 3 heterocycles. The Kier molecular flexibility index (Phi) is 5.81. The third-order valence-electron chi connectivity index (χ3n) is 4.94. The largest absolute Gasteiger partial charge is 0.363 e. The molecule has 0 amide bonds. The number of fused-ring (bicyclic) bond motifs is 1. The highest BCUT2D eigenvalue weighted by Gasteiger charge is 2.24. The topological polar surface area (TPSA) is 109 Å². The number of nitro groups is 1. The van der Waals surface area contributed by atoms with E-state index in [4.69, 9.17) is 0 Å². The maximum Gasteiger partial charge on any atom is 0.353 e. The summed E-state index contributed by atoms with van der Waals surface area (Å²) >= 11 is 1.44. The molecule has 0 spiro atoms. The van der Waals surface area contributed by atoms with Crippen LogP contribution in [-0.2, 0) is 0 Å². The molecule has 3 aromatic rings. The third kappa shape index (κ3) is 4.60. The molecule has 1 fully saturated rings. The first-order chi connectivity index (χ1) is 14.1. The van der Waals surface area contributed by atoms with Gasteiger partial charge >= 0.3 is 5.69 Å². The molecule has 0 saturated carbocycles. The molecule has 4 rings (SSSR count). The highest BCUT2D eigenvalue weighted by Crippen LogP contribution is 2.34. The van der Waals surface area contributed by atoms with Crippen LogP contribution < -0.4 is 10.6 Å². The zero-order valence-electron chi connectivity index (χ0n) is 16.2. The Labute approximate surface area is 172 Å². The predicted octanol–water partition coefficient (Wildman–Crippen LogP) is 3.94. The van der Waals surface area contributed by atoms with Gasteiger partial charge in [0.1, 0.15) is 6.33 Å². The number of likely N-dealkylation sites (tertiary alicyclic amines) is 1. The normalized spacial score (nSPS) is 14.8. The summed E-state index contributed by atoms with van der Waals surface area (Å²) in [7, 11) is 0. The van der Waals surface area contributed by atoms with Crippen LogP contribution in [0.3, 0.4) is 0 Å². The molecule has 2 N–H and O–H groups in total. The van der Waals surface area contributed by atoms with Crippen molar-refractivity contribution in [3.8, 4) is 0 Å². The van der Waals surface area contributed by atoms with Crippen molar-refractivity contribution in [2.24, 2.45) is 0 Å². The van der Waals surface area contributed by atoms with E-state index >= 15 is 0 Å². The number of thiazole rings is 1. The molecule has 0 radical (unpaired) electrons. The molecule has 0 aliphatic carbocycles. The Bertz CT molecular complexity index is 1020. The summed E-state index contributed by atoms with van der Waals surface area (Å²) in [5.41, 5.74) is 1.82. The lowest BCUT2D eigenvalue weighted by atomic mass is 10.1. The summed E-state index contributed by atoms with van der Waals surface area (Å²) in [4.78, 5) is 26.3. The van der Waals surface area contributed by atoms with Crippen molar-refractivity contribution in [1.82, 2.24) is 19.9 Å². The van der Waals surface area contributed by atoms with Crippen LogP contribution in [0.5, 0.6) is 0 Å². The molecule has 9 nitrogen and oxygen atoms in total. The summed E-state index contributed by atoms with van der Waals surface area (Å²) in [5.74, 6) is 0.364. The van der Waals surface area contributed by atoms with E-state index in [1.54, 1.807) is 0 Å². The fourth-order valence-corrected chi connectivity index (χ4v) is 4.44. The minimum absolute atomic E-state index is 0.140. The van der Waals surface area contributed by atoms with E-state index in [1.165, 1.54) is 36.9 Å². The van der Waals surface area contributed by atoms with E-state index < -0.39 is 4.92 Å². The molecule has 152 valence electrons. The third-order valence-corrected chi connectivity index (χ3v) is 5.88. The van der Waals surface area contributed by atoms with Crippen molar-refractivity contribution in [2.75, 3.05) is 36.8 Å². The lowest BCUT2D eigenvalue weighted by Gasteiger charge is -2.26. The molecule has 1 aliphatic heterocycles. The van der Waals surface area contributed by atoms with Gasteiger partial charge in [0.05, 0.1) is 15.1 Å². The predicted molar refractivity (Wildman–Crippen MR) is 115 cm³/mol. The molecule has 2 aromatic heterocycles. The lowest BCUT2D eigenvalue weighted by Crippen LogP contribution is -2.33. The number of hydrogen-bond donors (Lipinski definition) is 2. The van der Waals surface area contributed by atoms with Gasteiger partial charge in [0.15, 0.2) is 5.13 Å². The fourth-order valence-electron chi connectivity index (χ4n) is 3.47. The minimum Gasteiger partial charge on any atom is -0.363 e. The molecule has 0 unspecified atom stereocenters. The van der Waals surface area contributed by atoms with E-state index in [-0.39, 0.29) is 17.3 Å². The Balaban J connectivity index is 1.51. The number of anilines is 3. The van der Waals surface area contributed by atoms with Gasteiger partial charge in [0.25, 0.3) is 0 Å². The molecular weight excluding hydrogens is 390 g/mol. The van der Waals surface area contributed by atoms with Gasteiger partial charge in [-0.3, -0.25) is 10.1 Å². The van der Waals surface area contributed by atoms with Crippen molar-refractivity contribution in [3.63, 3.8) is 0 Å². The zero-order valence-corrected chi connectivity index (χ0v) is 17.0. The van der Waals surface area contributed by atoms with Crippen molar-refractivity contribution in [1.29, 1.82) is 0 Å². The second kappa shape index (κ2) is 8.66. The van der Waals surface area contributed by atoms with Crippen LogP contribution >= 0.6 is 11.3 Å². The summed E-state index contributed by atoms with van der Waals surface area (Å²) < 4.78 is 1.02. The van der Waals surface area contributed by atoms with Crippen molar-refractivity contribution in [2.45, 2.75) is 26.2 Å². The quantitative estimate of drug-likeness (QED) is 0.443. The summed E-state index contributed by atoms with van der Waals surface area (Å²) in [6, 6.07) is 5.97. The molecule has 1 saturated heterocycles. The first-order valence-electron chi connectivity index (χ1n) is 9.70. The molecule has 10 heteroatoms. The van der Waals surface area contributed by atoms with Crippen molar-refractivity contribution >= 4 is 44.0 Å². The average molecular weight is 414 g/mol. The second-order valence-corrected chi connectivity index (χ2v) is 8.15. The minimum atomic E-state index is -0.455. The van der Waals surface area contributed by atoms with E-state index in [0.29, 0.717) is 11.7 Å². The number of nitrogens with one attached hydrogen (secondary N) is 2. The van der Waals surface area contributed by atoms with Gasteiger partial charge in [0, 0.05) is 13.1 Å². The zero-order chi connectivity index (χ0) is 20.2. The molecular formula is C19H23N7O2S. The van der Waals surface area contributed by atoms with E-state index in [9.17, 15) is 10.1 Å². The lowest BCUT2D eigenvalue weighted by molar-refractivity contribution is -0.383. The molecule has 1 aromatic carbocycles. The highest BCUT2D eigenvalue weighted by atomic mass is 32.1. The first kappa shape index (κ1) is 19.5. The SMILES string of the molecule is Cc1ccc2nc(Nc3ncnc(NCCN4CCCCC4)c3[N+](=O)[O-])sc2c1. The average Bonchev–Trinajstić information content (AvgIpc) is 3.10.